The minimum atomic E-state index is 0.356. The van der Waals surface area contributed by atoms with Crippen molar-refractivity contribution in [1.82, 2.24) is 9.97 Å². The summed E-state index contributed by atoms with van der Waals surface area (Å²) in [7, 11) is 0. The van der Waals surface area contributed by atoms with Gasteiger partial charge in [0.1, 0.15) is 10.5 Å². The van der Waals surface area contributed by atoms with E-state index < -0.39 is 0 Å². The van der Waals surface area contributed by atoms with Gasteiger partial charge in [-0.2, -0.15) is 0 Å². The van der Waals surface area contributed by atoms with Gasteiger partial charge in [0, 0.05) is 11.6 Å². The maximum atomic E-state index is 5.28. The van der Waals surface area contributed by atoms with Gasteiger partial charge in [0.25, 0.3) is 0 Å². The monoisotopic (exact) mass is 320 g/mol. The van der Waals surface area contributed by atoms with Gasteiger partial charge in [-0.15, -0.1) is 0 Å². The number of aryl methyl sites for hydroxylation is 2. The Bertz CT molecular complexity index is 663. The van der Waals surface area contributed by atoms with Crippen molar-refractivity contribution in [2.45, 2.75) is 25.7 Å². The number of rotatable bonds is 1. The number of H-pyrrole nitrogens is 1. The van der Waals surface area contributed by atoms with Crippen LogP contribution in [0.3, 0.4) is 0 Å². The van der Waals surface area contributed by atoms with E-state index in [1.165, 1.54) is 11.1 Å². The molecular weight excluding hydrogens is 308 g/mol. The minimum Gasteiger partial charge on any atom is -0.346 e. The van der Waals surface area contributed by atoms with Crippen molar-refractivity contribution >= 4 is 28.1 Å². The van der Waals surface area contributed by atoms with Crippen LogP contribution in [0.4, 0.5) is 0 Å². The molecule has 92 valence electrons. The number of fused-ring (bicyclic) bond motifs is 1. The number of benzene rings is 1. The fourth-order valence-electron chi connectivity index (χ4n) is 2.60. The molecule has 0 saturated heterocycles. The molecule has 1 aliphatic rings. The summed E-state index contributed by atoms with van der Waals surface area (Å²) in [5.74, 6) is 1.35. The van der Waals surface area contributed by atoms with Gasteiger partial charge in [0.05, 0.1) is 4.47 Å². The maximum absolute atomic E-state index is 5.28. The summed E-state index contributed by atoms with van der Waals surface area (Å²) < 4.78 is 1.54. The van der Waals surface area contributed by atoms with Gasteiger partial charge in [-0.25, -0.2) is 4.98 Å². The first-order valence-electron chi connectivity index (χ1n) is 6.01. The third-order valence-corrected chi connectivity index (χ3v) is 5.05. The number of aromatic nitrogens is 2. The van der Waals surface area contributed by atoms with E-state index in [0.717, 1.165) is 28.8 Å². The van der Waals surface area contributed by atoms with Crippen molar-refractivity contribution in [3.8, 4) is 0 Å². The molecule has 2 aromatic rings. The zero-order chi connectivity index (χ0) is 12.7. The van der Waals surface area contributed by atoms with Crippen LogP contribution in [0.25, 0.3) is 0 Å². The quantitative estimate of drug-likeness (QED) is 0.794. The van der Waals surface area contributed by atoms with Crippen molar-refractivity contribution in [2.75, 3.05) is 0 Å². The second kappa shape index (κ2) is 4.59. The molecule has 0 spiro atoms. The third-order valence-electron chi connectivity index (χ3n) is 3.52. The van der Waals surface area contributed by atoms with Crippen LogP contribution < -0.4 is 0 Å². The van der Waals surface area contributed by atoms with Gasteiger partial charge in [-0.3, -0.25) is 0 Å². The van der Waals surface area contributed by atoms with Gasteiger partial charge in [-0.05, 0) is 46.8 Å². The standard InChI is InChI=1S/C14H13BrN2S/c1-8-12(15)14(18)17-13(16-8)11-7-6-9-4-2-3-5-10(9)11/h2-5,11H,6-7H2,1H3,(H,16,17,18). The zero-order valence-corrected chi connectivity index (χ0v) is 12.4. The number of aromatic amines is 1. The molecule has 1 aromatic carbocycles. The van der Waals surface area contributed by atoms with Crippen molar-refractivity contribution in [1.29, 1.82) is 0 Å². The summed E-state index contributed by atoms with van der Waals surface area (Å²) in [5, 5.41) is 0. The molecule has 1 heterocycles. The van der Waals surface area contributed by atoms with Crippen molar-refractivity contribution in [2.24, 2.45) is 0 Å². The lowest BCUT2D eigenvalue weighted by Crippen LogP contribution is -2.05. The lowest BCUT2D eigenvalue weighted by atomic mass is 10.0. The molecule has 1 unspecified atom stereocenters. The largest absolute Gasteiger partial charge is 0.346 e. The van der Waals surface area contributed by atoms with Crippen molar-refractivity contribution < 1.29 is 0 Å². The van der Waals surface area contributed by atoms with Crippen LogP contribution in [0.15, 0.2) is 28.7 Å². The van der Waals surface area contributed by atoms with Gasteiger partial charge >= 0.3 is 0 Å². The molecule has 0 radical (unpaired) electrons. The first kappa shape index (κ1) is 12.1. The van der Waals surface area contributed by atoms with Crippen LogP contribution in [0.2, 0.25) is 0 Å². The Balaban J connectivity index is 2.11. The summed E-state index contributed by atoms with van der Waals surface area (Å²) >= 11 is 8.74. The number of nitrogens with one attached hydrogen (secondary N) is 1. The second-order valence-electron chi connectivity index (χ2n) is 4.66. The first-order chi connectivity index (χ1) is 8.66. The molecular formula is C14H13BrN2S. The van der Waals surface area contributed by atoms with E-state index >= 15 is 0 Å². The molecule has 0 aliphatic heterocycles. The lowest BCUT2D eigenvalue weighted by Gasteiger charge is -2.12. The Labute approximate surface area is 120 Å². The van der Waals surface area contributed by atoms with Crippen LogP contribution in [0.1, 0.15) is 35.0 Å². The highest BCUT2D eigenvalue weighted by atomic mass is 79.9. The van der Waals surface area contributed by atoms with Gasteiger partial charge in [-0.1, -0.05) is 36.5 Å². The highest BCUT2D eigenvalue weighted by Gasteiger charge is 2.25. The summed E-state index contributed by atoms with van der Waals surface area (Å²) in [4.78, 5) is 7.90. The fourth-order valence-corrected chi connectivity index (χ4v) is 3.04. The molecule has 2 nitrogen and oxygen atoms in total. The maximum Gasteiger partial charge on any atom is 0.144 e. The number of hydrogen-bond acceptors (Lipinski definition) is 2. The minimum absolute atomic E-state index is 0.356. The molecule has 0 saturated carbocycles. The molecule has 0 bridgehead atoms. The summed E-state index contributed by atoms with van der Waals surface area (Å²) in [5.41, 5.74) is 3.87. The summed E-state index contributed by atoms with van der Waals surface area (Å²) in [6.07, 6.45) is 2.23. The average Bonchev–Trinajstić information content (AvgIpc) is 2.79. The molecule has 1 atom stereocenters. The summed E-state index contributed by atoms with van der Waals surface area (Å²) in [6.45, 7) is 2.02. The van der Waals surface area contributed by atoms with Gasteiger partial charge in [0.15, 0.2) is 0 Å². The number of nitrogens with zero attached hydrogens (tertiary/aromatic N) is 1. The highest BCUT2D eigenvalue weighted by molar-refractivity contribution is 9.10. The normalized spacial score (nSPS) is 17.8. The molecule has 4 heteroatoms. The third kappa shape index (κ3) is 1.93. The van der Waals surface area contributed by atoms with Crippen LogP contribution in [-0.4, -0.2) is 9.97 Å². The fraction of sp³-hybridized carbons (Fsp3) is 0.286. The van der Waals surface area contributed by atoms with E-state index in [1.54, 1.807) is 0 Å². The van der Waals surface area contributed by atoms with Crippen LogP contribution in [0, 0.1) is 11.6 Å². The molecule has 3 rings (SSSR count). The number of hydrogen-bond donors (Lipinski definition) is 1. The SMILES string of the molecule is Cc1[nH]c(C2CCc3ccccc32)nc(=S)c1Br. The van der Waals surface area contributed by atoms with Crippen LogP contribution in [0.5, 0.6) is 0 Å². The second-order valence-corrected chi connectivity index (χ2v) is 5.84. The van der Waals surface area contributed by atoms with Crippen molar-refractivity contribution in [3.05, 3.63) is 56.0 Å². The van der Waals surface area contributed by atoms with Gasteiger partial charge < -0.3 is 4.98 Å². The first-order valence-corrected chi connectivity index (χ1v) is 7.21. The molecule has 0 amide bonds. The predicted octanol–water partition coefficient (Wildman–Crippen LogP) is 4.29. The smallest absolute Gasteiger partial charge is 0.144 e. The predicted molar refractivity (Wildman–Crippen MR) is 78.5 cm³/mol. The lowest BCUT2D eigenvalue weighted by molar-refractivity contribution is 0.720. The van der Waals surface area contributed by atoms with E-state index in [2.05, 4.69) is 50.2 Å². The average molecular weight is 321 g/mol. The Morgan fingerprint density at radius 1 is 1.39 bits per heavy atom. The molecule has 1 aliphatic carbocycles. The van der Waals surface area contributed by atoms with E-state index in [9.17, 15) is 0 Å². The highest BCUT2D eigenvalue weighted by Crippen LogP contribution is 2.36. The Kier molecular flexibility index (Phi) is 3.08. The Morgan fingerprint density at radius 2 is 2.17 bits per heavy atom. The van der Waals surface area contributed by atoms with Crippen LogP contribution in [-0.2, 0) is 6.42 Å². The molecule has 1 N–H and O–H groups in total. The van der Waals surface area contributed by atoms with E-state index in [0.29, 0.717) is 10.6 Å². The molecule has 1 aromatic heterocycles. The van der Waals surface area contributed by atoms with Crippen LogP contribution >= 0.6 is 28.1 Å². The zero-order valence-electron chi connectivity index (χ0n) is 10.0. The Morgan fingerprint density at radius 3 is 2.94 bits per heavy atom. The summed E-state index contributed by atoms with van der Waals surface area (Å²) in [6, 6.07) is 8.60. The number of halogens is 1. The van der Waals surface area contributed by atoms with E-state index in [-0.39, 0.29) is 0 Å². The molecule has 18 heavy (non-hydrogen) atoms. The topological polar surface area (TPSA) is 28.7 Å². The Hall–Kier alpha value is -1.00. The van der Waals surface area contributed by atoms with E-state index in [4.69, 9.17) is 12.2 Å². The molecule has 0 fully saturated rings. The van der Waals surface area contributed by atoms with Crippen molar-refractivity contribution in [3.63, 3.8) is 0 Å². The van der Waals surface area contributed by atoms with Gasteiger partial charge in [0.2, 0.25) is 0 Å². The van der Waals surface area contributed by atoms with E-state index in [1.807, 2.05) is 6.92 Å².